The highest BCUT2D eigenvalue weighted by atomic mass is 16.5. The van der Waals surface area contributed by atoms with Crippen LogP contribution < -0.4 is 0 Å². The Morgan fingerprint density at radius 2 is 2.14 bits per heavy atom. The third-order valence-corrected chi connectivity index (χ3v) is 2.83. The second-order valence-electron chi connectivity index (χ2n) is 4.35. The lowest BCUT2D eigenvalue weighted by Crippen LogP contribution is -2.05. The molecule has 0 amide bonds. The summed E-state index contributed by atoms with van der Waals surface area (Å²) in [5.41, 5.74) is 1.68. The Bertz CT molecular complexity index is 749. The Hall–Kier alpha value is -3.03. The van der Waals surface area contributed by atoms with Crippen LogP contribution in [-0.2, 0) is 11.2 Å². The summed E-state index contributed by atoms with van der Waals surface area (Å²) in [6, 6.07) is 3.67. The van der Waals surface area contributed by atoms with E-state index in [1.54, 1.807) is 25.5 Å². The van der Waals surface area contributed by atoms with E-state index in [2.05, 4.69) is 20.2 Å². The molecule has 3 rings (SSSR count). The summed E-state index contributed by atoms with van der Waals surface area (Å²) >= 11 is 0. The van der Waals surface area contributed by atoms with Crippen LogP contribution in [-0.4, -0.2) is 37.5 Å². The molecule has 3 aromatic rings. The predicted molar refractivity (Wildman–Crippen MR) is 74.4 cm³/mol. The molecule has 0 unspecified atom stereocenters. The van der Waals surface area contributed by atoms with Crippen LogP contribution in [0.5, 0.6) is 0 Å². The Kier molecular flexibility index (Phi) is 3.90. The summed E-state index contributed by atoms with van der Waals surface area (Å²) in [4.78, 5) is 21.4. The smallest absolute Gasteiger partial charge is 0.360 e. The molecule has 0 fully saturated rings. The van der Waals surface area contributed by atoms with Gasteiger partial charge in [-0.3, -0.25) is 4.98 Å². The van der Waals surface area contributed by atoms with Crippen molar-refractivity contribution in [3.63, 3.8) is 0 Å². The SMILES string of the molecule is CCOC(=O)c1coc(Cc2ccc(-n3nccn3)cn2)n1. The topological polar surface area (TPSA) is 95.9 Å². The maximum atomic E-state index is 11.5. The van der Waals surface area contributed by atoms with Gasteiger partial charge in [-0.15, -0.1) is 0 Å². The highest BCUT2D eigenvalue weighted by Crippen LogP contribution is 2.10. The van der Waals surface area contributed by atoms with Crippen LogP contribution in [0.3, 0.4) is 0 Å². The van der Waals surface area contributed by atoms with Gasteiger partial charge in [0.15, 0.2) is 5.69 Å². The van der Waals surface area contributed by atoms with Gasteiger partial charge >= 0.3 is 5.97 Å². The van der Waals surface area contributed by atoms with E-state index in [1.165, 1.54) is 11.1 Å². The minimum Gasteiger partial charge on any atom is -0.461 e. The number of rotatable bonds is 5. The third-order valence-electron chi connectivity index (χ3n) is 2.83. The Labute approximate surface area is 125 Å². The van der Waals surface area contributed by atoms with Gasteiger partial charge in [0.05, 0.1) is 31.6 Å². The largest absolute Gasteiger partial charge is 0.461 e. The summed E-state index contributed by atoms with van der Waals surface area (Å²) in [6.07, 6.45) is 6.52. The van der Waals surface area contributed by atoms with Crippen molar-refractivity contribution in [2.75, 3.05) is 6.61 Å². The first-order valence-corrected chi connectivity index (χ1v) is 6.69. The number of pyridine rings is 1. The van der Waals surface area contributed by atoms with E-state index in [0.717, 1.165) is 11.4 Å². The van der Waals surface area contributed by atoms with Crippen LogP contribution in [0.4, 0.5) is 0 Å². The Morgan fingerprint density at radius 3 is 2.82 bits per heavy atom. The standard InChI is InChI=1S/C14H13N5O3/c1-2-21-14(20)12-9-22-13(18-12)7-10-3-4-11(8-15-10)19-16-5-6-17-19/h3-6,8-9H,2,7H2,1H3. The number of hydrogen-bond donors (Lipinski definition) is 0. The maximum absolute atomic E-state index is 11.5. The molecule has 0 aliphatic carbocycles. The summed E-state index contributed by atoms with van der Waals surface area (Å²) in [6.45, 7) is 2.03. The summed E-state index contributed by atoms with van der Waals surface area (Å²) in [7, 11) is 0. The quantitative estimate of drug-likeness (QED) is 0.657. The zero-order chi connectivity index (χ0) is 15.4. The molecular formula is C14H13N5O3. The fourth-order valence-corrected chi connectivity index (χ4v) is 1.83. The predicted octanol–water partition coefficient (Wildman–Crippen LogP) is 1.42. The second-order valence-corrected chi connectivity index (χ2v) is 4.35. The third kappa shape index (κ3) is 3.00. The second kappa shape index (κ2) is 6.17. The van der Waals surface area contributed by atoms with Crippen LogP contribution in [0.25, 0.3) is 5.69 Å². The summed E-state index contributed by atoms with van der Waals surface area (Å²) < 4.78 is 10.1. The molecule has 0 bridgehead atoms. The molecule has 0 atom stereocenters. The molecule has 0 aliphatic rings. The summed E-state index contributed by atoms with van der Waals surface area (Å²) in [5.74, 6) is -0.0916. The van der Waals surface area contributed by atoms with E-state index in [1.807, 2.05) is 12.1 Å². The van der Waals surface area contributed by atoms with E-state index in [-0.39, 0.29) is 5.69 Å². The van der Waals surface area contributed by atoms with Gasteiger partial charge in [-0.05, 0) is 19.1 Å². The van der Waals surface area contributed by atoms with Gasteiger partial charge in [0.1, 0.15) is 12.0 Å². The maximum Gasteiger partial charge on any atom is 0.360 e. The highest BCUT2D eigenvalue weighted by Gasteiger charge is 2.13. The van der Waals surface area contributed by atoms with Gasteiger partial charge < -0.3 is 9.15 Å². The zero-order valence-corrected chi connectivity index (χ0v) is 11.8. The van der Waals surface area contributed by atoms with Crippen molar-refractivity contribution in [2.24, 2.45) is 0 Å². The molecule has 8 nitrogen and oxygen atoms in total. The summed E-state index contributed by atoms with van der Waals surface area (Å²) in [5, 5.41) is 8.05. The van der Waals surface area contributed by atoms with Gasteiger partial charge in [0.25, 0.3) is 0 Å². The molecule has 0 aliphatic heterocycles. The number of carbonyl (C=O) groups excluding carboxylic acids is 1. The minimum atomic E-state index is -0.495. The minimum absolute atomic E-state index is 0.161. The van der Waals surface area contributed by atoms with Crippen molar-refractivity contribution >= 4 is 5.97 Å². The number of ether oxygens (including phenoxy) is 1. The normalized spacial score (nSPS) is 10.6. The Balaban J connectivity index is 1.70. The average molecular weight is 299 g/mol. The number of oxazole rings is 1. The average Bonchev–Trinajstić information content (AvgIpc) is 3.19. The lowest BCUT2D eigenvalue weighted by Gasteiger charge is -2.00. The molecule has 0 saturated carbocycles. The van der Waals surface area contributed by atoms with E-state index >= 15 is 0 Å². The molecule has 3 heterocycles. The van der Waals surface area contributed by atoms with Crippen LogP contribution in [0.2, 0.25) is 0 Å². The first-order valence-electron chi connectivity index (χ1n) is 6.69. The van der Waals surface area contributed by atoms with Crippen molar-refractivity contribution < 1.29 is 13.9 Å². The molecule has 0 saturated heterocycles. The number of aromatic nitrogens is 5. The van der Waals surface area contributed by atoms with Crippen LogP contribution in [0.15, 0.2) is 41.4 Å². The first kappa shape index (κ1) is 13.9. The fourth-order valence-electron chi connectivity index (χ4n) is 1.83. The Morgan fingerprint density at radius 1 is 1.32 bits per heavy atom. The van der Waals surface area contributed by atoms with Crippen molar-refractivity contribution in [3.05, 3.63) is 54.3 Å². The highest BCUT2D eigenvalue weighted by molar-refractivity contribution is 5.86. The van der Waals surface area contributed by atoms with E-state index < -0.39 is 5.97 Å². The van der Waals surface area contributed by atoms with Gasteiger partial charge in [0, 0.05) is 5.69 Å². The lowest BCUT2D eigenvalue weighted by atomic mass is 10.2. The molecule has 22 heavy (non-hydrogen) atoms. The van der Waals surface area contributed by atoms with Crippen molar-refractivity contribution in [1.82, 2.24) is 25.0 Å². The molecule has 0 N–H and O–H groups in total. The van der Waals surface area contributed by atoms with Crippen molar-refractivity contribution in [3.8, 4) is 5.69 Å². The van der Waals surface area contributed by atoms with E-state index in [0.29, 0.717) is 18.9 Å². The van der Waals surface area contributed by atoms with Crippen LogP contribution in [0, 0.1) is 0 Å². The van der Waals surface area contributed by atoms with E-state index in [9.17, 15) is 4.79 Å². The van der Waals surface area contributed by atoms with Crippen LogP contribution in [0.1, 0.15) is 29.0 Å². The lowest BCUT2D eigenvalue weighted by molar-refractivity contribution is 0.0519. The fraction of sp³-hybridized carbons (Fsp3) is 0.214. The molecule has 0 aromatic carbocycles. The first-order chi connectivity index (χ1) is 10.8. The zero-order valence-electron chi connectivity index (χ0n) is 11.8. The molecule has 8 heteroatoms. The van der Waals surface area contributed by atoms with Crippen LogP contribution >= 0.6 is 0 Å². The van der Waals surface area contributed by atoms with Crippen molar-refractivity contribution in [2.45, 2.75) is 13.3 Å². The van der Waals surface area contributed by atoms with Gasteiger partial charge in [0.2, 0.25) is 5.89 Å². The van der Waals surface area contributed by atoms with Crippen molar-refractivity contribution in [1.29, 1.82) is 0 Å². The molecular weight excluding hydrogens is 286 g/mol. The van der Waals surface area contributed by atoms with Gasteiger partial charge in [-0.25, -0.2) is 9.78 Å². The number of esters is 1. The molecule has 0 spiro atoms. The van der Waals surface area contributed by atoms with Gasteiger partial charge in [-0.1, -0.05) is 0 Å². The number of nitrogens with zero attached hydrogens (tertiary/aromatic N) is 5. The molecule has 0 radical (unpaired) electrons. The number of hydrogen-bond acceptors (Lipinski definition) is 7. The monoisotopic (exact) mass is 299 g/mol. The number of carbonyl (C=O) groups is 1. The molecule has 3 aromatic heterocycles. The van der Waals surface area contributed by atoms with E-state index in [4.69, 9.17) is 9.15 Å². The van der Waals surface area contributed by atoms with Gasteiger partial charge in [-0.2, -0.15) is 15.0 Å². The molecule has 112 valence electrons.